The molecule has 0 radical (unpaired) electrons. The fraction of sp³-hybridized carbons (Fsp3) is 0.211. The van der Waals surface area contributed by atoms with Crippen LogP contribution in [0.4, 0.5) is 58.4 Å². The molecule has 38 heavy (non-hydrogen) atoms. The molecule has 0 amide bonds. The second-order valence-electron chi connectivity index (χ2n) is 6.16. The van der Waals surface area contributed by atoms with Crippen molar-refractivity contribution in [2.75, 3.05) is 5.73 Å². The predicted octanol–water partition coefficient (Wildman–Crippen LogP) is 3.66. The van der Waals surface area contributed by atoms with Gasteiger partial charge in [0, 0.05) is 11.6 Å². The van der Waals surface area contributed by atoms with Gasteiger partial charge in [0.15, 0.2) is 0 Å². The number of rotatable bonds is 2. The van der Waals surface area contributed by atoms with Crippen LogP contribution in [-0.4, -0.2) is 41.3 Å². The van der Waals surface area contributed by atoms with Crippen LogP contribution < -0.4 is 15.9 Å². The molecule has 0 aliphatic rings. The van der Waals surface area contributed by atoms with Crippen molar-refractivity contribution >= 4 is 28.2 Å². The van der Waals surface area contributed by atoms with E-state index in [0.717, 1.165) is 16.6 Å². The van der Waals surface area contributed by atoms with Gasteiger partial charge in [-0.2, -0.15) is 52.7 Å². The fourth-order valence-electron chi connectivity index (χ4n) is 1.69. The second-order valence-corrected chi connectivity index (χ2v) is 6.16. The monoisotopic (exact) mass is 617 g/mol. The van der Waals surface area contributed by atoms with Gasteiger partial charge in [0.1, 0.15) is 0 Å². The molecule has 2 rings (SSSR count). The largest absolute Gasteiger partial charge is 3.00 e. The molecular weight excluding hydrogens is 607 g/mol. The van der Waals surface area contributed by atoms with Crippen LogP contribution in [0.2, 0.25) is 0 Å². The minimum absolute atomic E-state index is 0. The van der Waals surface area contributed by atoms with Crippen molar-refractivity contribution in [2.45, 2.75) is 24.7 Å². The normalized spacial score (nSPS) is 12.8. The maximum Gasteiger partial charge on any atom is 3.00 e. The van der Waals surface area contributed by atoms with Crippen LogP contribution in [0, 0.1) is 0 Å². The first-order valence-electron chi connectivity index (χ1n) is 8.71. The minimum atomic E-state index is -5.46. The topological polar surface area (TPSA) is 119 Å². The van der Waals surface area contributed by atoms with Crippen molar-refractivity contribution in [3.05, 3.63) is 60.2 Å². The van der Waals surface area contributed by atoms with Crippen molar-refractivity contribution < 1.29 is 89.3 Å². The third-order valence-electron chi connectivity index (χ3n) is 3.31. The van der Waals surface area contributed by atoms with Gasteiger partial charge in [0.25, 0.3) is 11.6 Å². The van der Waals surface area contributed by atoms with Gasteiger partial charge in [-0.15, -0.1) is 0 Å². The van der Waals surface area contributed by atoms with Gasteiger partial charge in [-0.1, -0.05) is 18.2 Å². The number of pyridine rings is 1. The van der Waals surface area contributed by atoms with Crippen LogP contribution in [0.15, 0.2) is 60.2 Å². The smallest absolute Gasteiger partial charge is 0.869 e. The predicted molar refractivity (Wildman–Crippen MR) is 96.6 cm³/mol. The minimum Gasteiger partial charge on any atom is -0.869 e. The Balaban J connectivity index is 0. The van der Waals surface area contributed by atoms with Crippen LogP contribution >= 0.6 is 0 Å². The number of nitrogen functional groups attached to an aromatic ring is 1. The van der Waals surface area contributed by atoms with Crippen LogP contribution in [0.25, 0.3) is 10.9 Å². The third-order valence-corrected chi connectivity index (χ3v) is 3.31. The van der Waals surface area contributed by atoms with E-state index in [1.165, 1.54) is 0 Å². The summed E-state index contributed by atoms with van der Waals surface area (Å²) in [7, 11) is 0. The zero-order chi connectivity index (χ0) is 29.4. The van der Waals surface area contributed by atoms with E-state index in [1.54, 1.807) is 6.20 Å². The van der Waals surface area contributed by atoms with Crippen LogP contribution in [-0.2, 0) is 26.4 Å². The molecule has 0 saturated heterocycles. The maximum absolute atomic E-state index is 11.3. The first-order valence-corrected chi connectivity index (χ1v) is 8.71. The molecule has 19 heteroatoms. The van der Waals surface area contributed by atoms with Gasteiger partial charge in [-0.3, -0.25) is 14.6 Å². The van der Waals surface area contributed by atoms with E-state index < -0.39 is 59.9 Å². The standard InChI is InChI=1S/C9H8N2.2C5H2F6O2.Co/c10-8-5-1-3-7-4-2-6-11-9(7)8;2*6-4(7,8)2(12)1-3(13)5(9,10)11;/h1-6H,10H2;2*1,12H;/q;;;+3/p-2/b;2*2-1-;. The molecule has 0 saturated carbocycles. The molecule has 0 fully saturated rings. The molecule has 212 valence electrons. The van der Waals surface area contributed by atoms with Gasteiger partial charge >= 0.3 is 41.5 Å². The molecule has 1 aromatic carbocycles. The quantitative estimate of drug-likeness (QED) is 0.238. The average molecular weight is 617 g/mol. The zero-order valence-corrected chi connectivity index (χ0v) is 18.7. The van der Waals surface area contributed by atoms with Crippen LogP contribution in [0.3, 0.4) is 0 Å². The second kappa shape index (κ2) is 13.9. The molecule has 0 spiro atoms. The van der Waals surface area contributed by atoms with Crippen molar-refractivity contribution in [2.24, 2.45) is 0 Å². The molecular formula is C19H10CoF12N2O4+. The van der Waals surface area contributed by atoms with E-state index in [0.29, 0.717) is 0 Å². The molecule has 2 aromatic rings. The number of para-hydroxylation sites is 1. The summed E-state index contributed by atoms with van der Waals surface area (Å²) in [5.41, 5.74) is 7.32. The molecule has 0 aliphatic heterocycles. The average Bonchev–Trinajstić information content (AvgIpc) is 2.72. The third kappa shape index (κ3) is 13.2. The summed E-state index contributed by atoms with van der Waals surface area (Å²) in [6.07, 6.45) is -22.1. The Kier molecular flexibility index (Phi) is 13.4. The van der Waals surface area contributed by atoms with E-state index in [9.17, 15) is 72.5 Å². The Morgan fingerprint density at radius 2 is 1.05 bits per heavy atom. The number of alkyl halides is 12. The Morgan fingerprint density at radius 3 is 1.37 bits per heavy atom. The number of ketones is 2. The van der Waals surface area contributed by atoms with Crippen LogP contribution in [0.1, 0.15) is 0 Å². The Labute approximate surface area is 213 Å². The Bertz CT molecular complexity index is 1100. The molecule has 0 unspecified atom stereocenters. The summed E-state index contributed by atoms with van der Waals surface area (Å²) in [6, 6.07) is 9.69. The number of aromatic nitrogens is 1. The Hall–Kier alpha value is -3.48. The van der Waals surface area contributed by atoms with E-state index in [-0.39, 0.29) is 16.8 Å². The summed E-state index contributed by atoms with van der Waals surface area (Å²) < 4.78 is 136. The van der Waals surface area contributed by atoms with Gasteiger partial charge in [0.2, 0.25) is 0 Å². The molecule has 0 atom stereocenters. The van der Waals surface area contributed by atoms with E-state index in [4.69, 9.17) is 5.73 Å². The number of nitrogens with two attached hydrogens (primary N) is 1. The SMILES string of the molecule is Nc1cccc2cccnc12.O=C(/C=C(\[O-])C(F)(F)F)C(F)(F)F.O=C(/C=C(\[O-])C(F)(F)F)C(F)(F)F.[Co+3]. The number of hydrogen-bond donors (Lipinski definition) is 1. The summed E-state index contributed by atoms with van der Waals surface area (Å²) in [5.74, 6) is -11.3. The van der Waals surface area contributed by atoms with E-state index in [1.807, 2.05) is 30.3 Å². The fourth-order valence-corrected chi connectivity index (χ4v) is 1.69. The van der Waals surface area contributed by atoms with Gasteiger partial charge < -0.3 is 15.9 Å². The maximum atomic E-state index is 11.3. The molecule has 6 nitrogen and oxygen atoms in total. The van der Waals surface area contributed by atoms with Gasteiger partial charge in [-0.05, 0) is 35.8 Å². The van der Waals surface area contributed by atoms with E-state index >= 15 is 0 Å². The van der Waals surface area contributed by atoms with Crippen molar-refractivity contribution in [1.29, 1.82) is 0 Å². The summed E-state index contributed by atoms with van der Waals surface area (Å²) in [4.78, 5) is 23.8. The Morgan fingerprint density at radius 1 is 0.684 bits per heavy atom. The number of hydrogen-bond acceptors (Lipinski definition) is 6. The zero-order valence-electron chi connectivity index (χ0n) is 17.6. The summed E-state index contributed by atoms with van der Waals surface area (Å²) >= 11 is 0. The van der Waals surface area contributed by atoms with Crippen molar-refractivity contribution in [3.8, 4) is 0 Å². The number of carbonyl (C=O) groups excluding carboxylic acids is 2. The summed E-state index contributed by atoms with van der Waals surface area (Å²) in [5, 5.41) is 20.7. The first-order chi connectivity index (χ1) is 16.5. The summed E-state index contributed by atoms with van der Waals surface area (Å²) in [6.45, 7) is 0. The number of nitrogens with zero attached hydrogens (tertiary/aromatic N) is 1. The van der Waals surface area contributed by atoms with Crippen molar-refractivity contribution in [1.82, 2.24) is 4.98 Å². The molecule has 1 heterocycles. The first kappa shape index (κ1) is 36.7. The van der Waals surface area contributed by atoms with Crippen molar-refractivity contribution in [3.63, 3.8) is 0 Å². The molecule has 0 aliphatic carbocycles. The van der Waals surface area contributed by atoms with E-state index in [2.05, 4.69) is 4.98 Å². The van der Waals surface area contributed by atoms with Gasteiger partial charge in [-0.25, -0.2) is 0 Å². The number of anilines is 1. The number of fused-ring (bicyclic) bond motifs is 1. The molecule has 2 N–H and O–H groups in total. The molecule has 0 bridgehead atoms. The number of carbonyl (C=O) groups is 2. The number of benzene rings is 1. The molecule has 1 aromatic heterocycles. The van der Waals surface area contributed by atoms with Crippen LogP contribution in [0.5, 0.6) is 0 Å². The van der Waals surface area contributed by atoms with Gasteiger partial charge in [0.05, 0.1) is 11.2 Å². The number of allylic oxidation sites excluding steroid dienone is 4. The number of halogens is 12.